The van der Waals surface area contributed by atoms with Gasteiger partial charge in [-0.1, -0.05) is 12.1 Å². The Balaban J connectivity index is 2.05. The fraction of sp³-hybridized carbons (Fsp3) is 0.357. The molecule has 18 heavy (non-hydrogen) atoms. The SMILES string of the molecule is Cn1cc(CNC2CC2)c2cccc(C(=O)O)c21. The van der Waals surface area contributed by atoms with E-state index in [4.69, 9.17) is 0 Å². The molecule has 1 aromatic carbocycles. The molecule has 3 rings (SSSR count). The van der Waals surface area contributed by atoms with E-state index in [1.165, 1.54) is 18.4 Å². The zero-order valence-corrected chi connectivity index (χ0v) is 10.3. The number of carboxylic acids is 1. The molecule has 0 amide bonds. The molecule has 1 heterocycles. The molecule has 4 nitrogen and oxygen atoms in total. The Morgan fingerprint density at radius 2 is 2.28 bits per heavy atom. The molecule has 0 aliphatic heterocycles. The van der Waals surface area contributed by atoms with Crippen molar-refractivity contribution in [2.24, 2.45) is 7.05 Å². The van der Waals surface area contributed by atoms with E-state index in [0.717, 1.165) is 17.4 Å². The molecule has 1 saturated carbocycles. The summed E-state index contributed by atoms with van der Waals surface area (Å²) < 4.78 is 1.91. The van der Waals surface area contributed by atoms with Crippen molar-refractivity contribution in [2.45, 2.75) is 25.4 Å². The molecule has 1 aromatic heterocycles. The van der Waals surface area contributed by atoms with Crippen LogP contribution in [0.2, 0.25) is 0 Å². The number of benzene rings is 1. The van der Waals surface area contributed by atoms with Crippen molar-refractivity contribution in [3.8, 4) is 0 Å². The van der Waals surface area contributed by atoms with Crippen molar-refractivity contribution < 1.29 is 9.90 Å². The second-order valence-corrected chi connectivity index (χ2v) is 4.93. The summed E-state index contributed by atoms with van der Waals surface area (Å²) in [5.74, 6) is -0.872. The smallest absolute Gasteiger partial charge is 0.337 e. The topological polar surface area (TPSA) is 54.3 Å². The number of nitrogens with one attached hydrogen (secondary N) is 1. The van der Waals surface area contributed by atoms with E-state index < -0.39 is 5.97 Å². The number of hydrogen-bond acceptors (Lipinski definition) is 2. The molecule has 1 fully saturated rings. The van der Waals surface area contributed by atoms with Crippen LogP contribution in [0.15, 0.2) is 24.4 Å². The van der Waals surface area contributed by atoms with Crippen molar-refractivity contribution in [1.82, 2.24) is 9.88 Å². The highest BCUT2D eigenvalue weighted by Gasteiger charge is 2.21. The summed E-state index contributed by atoms with van der Waals surface area (Å²) in [7, 11) is 1.90. The van der Waals surface area contributed by atoms with Crippen LogP contribution >= 0.6 is 0 Å². The van der Waals surface area contributed by atoms with Crippen LogP contribution in [0.3, 0.4) is 0 Å². The summed E-state index contributed by atoms with van der Waals surface area (Å²) in [5.41, 5.74) is 2.34. The van der Waals surface area contributed by atoms with Crippen molar-refractivity contribution in [3.05, 3.63) is 35.5 Å². The quantitative estimate of drug-likeness (QED) is 0.866. The number of carbonyl (C=O) groups is 1. The summed E-state index contributed by atoms with van der Waals surface area (Å²) in [6.07, 6.45) is 4.53. The van der Waals surface area contributed by atoms with Gasteiger partial charge in [-0.05, 0) is 24.5 Å². The number of aromatic carboxylic acids is 1. The maximum atomic E-state index is 11.2. The largest absolute Gasteiger partial charge is 0.478 e. The molecule has 0 atom stereocenters. The molecule has 0 saturated heterocycles. The van der Waals surface area contributed by atoms with Crippen LogP contribution in [0.25, 0.3) is 10.9 Å². The van der Waals surface area contributed by atoms with Crippen molar-refractivity contribution in [1.29, 1.82) is 0 Å². The van der Waals surface area contributed by atoms with Gasteiger partial charge in [0.25, 0.3) is 0 Å². The third kappa shape index (κ3) is 1.88. The average Bonchev–Trinajstić information content (AvgIpc) is 3.12. The summed E-state index contributed by atoms with van der Waals surface area (Å²) in [6, 6.07) is 6.11. The molecular formula is C14H16N2O2. The Labute approximate surface area is 105 Å². The van der Waals surface area contributed by atoms with Crippen molar-refractivity contribution in [2.75, 3.05) is 0 Å². The first-order chi connectivity index (χ1) is 8.66. The first-order valence-corrected chi connectivity index (χ1v) is 6.20. The zero-order chi connectivity index (χ0) is 12.7. The molecule has 94 valence electrons. The predicted octanol–water partition coefficient (Wildman–Crippen LogP) is 2.13. The summed E-state index contributed by atoms with van der Waals surface area (Å²) in [5, 5.41) is 13.7. The van der Waals surface area contributed by atoms with E-state index in [-0.39, 0.29) is 0 Å². The fourth-order valence-electron chi connectivity index (χ4n) is 2.41. The number of hydrogen-bond donors (Lipinski definition) is 2. The number of aryl methyl sites for hydroxylation is 1. The molecule has 2 N–H and O–H groups in total. The Bertz CT molecular complexity index is 612. The first-order valence-electron chi connectivity index (χ1n) is 6.20. The number of para-hydroxylation sites is 1. The van der Waals surface area contributed by atoms with Gasteiger partial charge < -0.3 is 15.0 Å². The molecular weight excluding hydrogens is 228 g/mol. The van der Waals surface area contributed by atoms with Gasteiger partial charge in [0.15, 0.2) is 0 Å². The number of aromatic nitrogens is 1. The number of rotatable bonds is 4. The minimum absolute atomic E-state index is 0.368. The summed E-state index contributed by atoms with van der Waals surface area (Å²) >= 11 is 0. The van der Waals surface area contributed by atoms with Crippen molar-refractivity contribution in [3.63, 3.8) is 0 Å². The van der Waals surface area contributed by atoms with Crippen LogP contribution < -0.4 is 5.32 Å². The molecule has 0 spiro atoms. The molecule has 0 radical (unpaired) electrons. The normalized spacial score (nSPS) is 15.2. The Morgan fingerprint density at radius 3 is 2.94 bits per heavy atom. The van der Waals surface area contributed by atoms with Gasteiger partial charge in [-0.3, -0.25) is 0 Å². The van der Waals surface area contributed by atoms with Crippen LogP contribution in [-0.2, 0) is 13.6 Å². The third-order valence-corrected chi connectivity index (χ3v) is 3.47. The fourth-order valence-corrected chi connectivity index (χ4v) is 2.41. The average molecular weight is 244 g/mol. The summed E-state index contributed by atoms with van der Waals surface area (Å²) in [6.45, 7) is 0.811. The number of carboxylic acid groups (broad SMARTS) is 1. The van der Waals surface area contributed by atoms with E-state index in [1.807, 2.05) is 29.9 Å². The second-order valence-electron chi connectivity index (χ2n) is 4.93. The minimum Gasteiger partial charge on any atom is -0.478 e. The highest BCUT2D eigenvalue weighted by Crippen LogP contribution is 2.25. The van der Waals surface area contributed by atoms with Gasteiger partial charge in [0, 0.05) is 31.2 Å². The van der Waals surface area contributed by atoms with Crippen LogP contribution in [0.1, 0.15) is 28.8 Å². The van der Waals surface area contributed by atoms with Crippen LogP contribution in [0.5, 0.6) is 0 Å². The molecule has 0 bridgehead atoms. The van der Waals surface area contributed by atoms with Crippen molar-refractivity contribution >= 4 is 16.9 Å². The van der Waals surface area contributed by atoms with E-state index >= 15 is 0 Å². The Morgan fingerprint density at radius 1 is 1.50 bits per heavy atom. The molecule has 4 heteroatoms. The highest BCUT2D eigenvalue weighted by molar-refractivity contribution is 6.03. The lowest BCUT2D eigenvalue weighted by molar-refractivity contribution is 0.0698. The number of fused-ring (bicyclic) bond motifs is 1. The van der Waals surface area contributed by atoms with Gasteiger partial charge in [-0.2, -0.15) is 0 Å². The van der Waals surface area contributed by atoms with Crippen LogP contribution in [0.4, 0.5) is 0 Å². The van der Waals surface area contributed by atoms with E-state index in [1.54, 1.807) is 6.07 Å². The summed E-state index contributed by atoms with van der Waals surface area (Å²) in [4.78, 5) is 11.2. The lowest BCUT2D eigenvalue weighted by Gasteiger charge is -2.02. The van der Waals surface area contributed by atoms with Crippen LogP contribution in [-0.4, -0.2) is 21.7 Å². The maximum Gasteiger partial charge on any atom is 0.337 e. The Hall–Kier alpha value is -1.81. The molecule has 1 aliphatic carbocycles. The van der Waals surface area contributed by atoms with E-state index in [2.05, 4.69) is 5.32 Å². The van der Waals surface area contributed by atoms with Gasteiger partial charge >= 0.3 is 5.97 Å². The van der Waals surface area contributed by atoms with Gasteiger partial charge in [0.2, 0.25) is 0 Å². The van der Waals surface area contributed by atoms with Crippen LogP contribution in [0, 0.1) is 0 Å². The minimum atomic E-state index is -0.872. The second kappa shape index (κ2) is 4.14. The van der Waals surface area contributed by atoms with E-state index in [0.29, 0.717) is 11.6 Å². The van der Waals surface area contributed by atoms with Gasteiger partial charge in [0.05, 0.1) is 11.1 Å². The maximum absolute atomic E-state index is 11.2. The van der Waals surface area contributed by atoms with Gasteiger partial charge in [-0.25, -0.2) is 4.79 Å². The predicted molar refractivity (Wildman–Crippen MR) is 69.7 cm³/mol. The lowest BCUT2D eigenvalue weighted by atomic mass is 10.1. The first kappa shape index (κ1) is 11.3. The van der Waals surface area contributed by atoms with Gasteiger partial charge in [-0.15, -0.1) is 0 Å². The van der Waals surface area contributed by atoms with E-state index in [9.17, 15) is 9.90 Å². The highest BCUT2D eigenvalue weighted by atomic mass is 16.4. The zero-order valence-electron chi connectivity index (χ0n) is 10.3. The van der Waals surface area contributed by atoms with Gasteiger partial charge in [0.1, 0.15) is 0 Å². The third-order valence-electron chi connectivity index (χ3n) is 3.47. The monoisotopic (exact) mass is 244 g/mol. The molecule has 0 unspecified atom stereocenters. The number of nitrogens with zero attached hydrogens (tertiary/aromatic N) is 1. The molecule has 2 aromatic rings. The standard InChI is InChI=1S/C14H16N2O2/c1-16-8-9(7-15-10-5-6-10)11-3-2-4-12(13(11)16)14(17)18/h2-4,8,10,15H,5-7H2,1H3,(H,17,18). The Kier molecular flexibility index (Phi) is 2.59. The molecule has 1 aliphatic rings. The lowest BCUT2D eigenvalue weighted by Crippen LogP contribution is -2.14.